The fourth-order valence-electron chi connectivity index (χ4n) is 1.97. The van der Waals surface area contributed by atoms with E-state index in [-0.39, 0.29) is 11.7 Å². The second-order valence-electron chi connectivity index (χ2n) is 5.65. The van der Waals surface area contributed by atoms with Crippen molar-refractivity contribution in [2.45, 2.75) is 20.0 Å². The first-order chi connectivity index (χ1) is 13.3. The van der Waals surface area contributed by atoms with Crippen molar-refractivity contribution in [3.05, 3.63) is 70.8 Å². The molecule has 2 aromatic rings. The van der Waals surface area contributed by atoms with Gasteiger partial charge in [0.15, 0.2) is 0 Å². The molecule has 0 saturated carbocycles. The number of carboxylic acids is 1. The molecule has 0 fully saturated rings. The highest BCUT2D eigenvalue weighted by Gasteiger charge is 2.25. The summed E-state index contributed by atoms with van der Waals surface area (Å²) < 4.78 is 9.88. The maximum Gasteiger partial charge on any atom is 0.373 e. The number of rotatable bonds is 6. The number of hydrogen-bond donors (Lipinski definition) is 1. The Morgan fingerprint density at radius 3 is 1.64 bits per heavy atom. The fourth-order valence-corrected chi connectivity index (χ4v) is 1.97. The van der Waals surface area contributed by atoms with Gasteiger partial charge in [-0.3, -0.25) is 0 Å². The van der Waals surface area contributed by atoms with Gasteiger partial charge in [0.25, 0.3) is 0 Å². The van der Waals surface area contributed by atoms with Crippen LogP contribution in [0.2, 0.25) is 0 Å². The molecule has 0 aliphatic heterocycles. The molecule has 8 nitrogen and oxygen atoms in total. The third kappa shape index (κ3) is 7.23. The van der Waals surface area contributed by atoms with Crippen LogP contribution in [0.4, 0.5) is 0 Å². The zero-order chi connectivity index (χ0) is 21.1. The van der Waals surface area contributed by atoms with E-state index in [9.17, 15) is 14.4 Å². The van der Waals surface area contributed by atoms with Crippen LogP contribution in [0, 0.1) is 13.8 Å². The molecule has 0 bridgehead atoms. The molecular formula is C20H18O8. The number of carboxylic acid groups (broad SMARTS) is 1. The predicted molar refractivity (Wildman–Crippen MR) is 94.5 cm³/mol. The molecule has 2 aromatic carbocycles. The molecule has 2 rings (SSSR count). The van der Waals surface area contributed by atoms with Gasteiger partial charge < -0.3 is 14.6 Å². The van der Waals surface area contributed by atoms with Crippen LogP contribution in [0.25, 0.3) is 0 Å². The minimum absolute atomic E-state index is 0.224. The van der Waals surface area contributed by atoms with Crippen molar-refractivity contribution in [1.29, 1.82) is 0 Å². The Morgan fingerprint density at radius 2 is 1.25 bits per heavy atom. The Balaban J connectivity index is 0.00000122. The monoisotopic (exact) mass is 386 g/mol. The average molecular weight is 386 g/mol. The van der Waals surface area contributed by atoms with Crippen molar-refractivity contribution in [3.8, 4) is 0 Å². The van der Waals surface area contributed by atoms with Crippen molar-refractivity contribution in [2.75, 3.05) is 6.61 Å². The first-order valence-corrected chi connectivity index (χ1v) is 8.02. The van der Waals surface area contributed by atoms with Gasteiger partial charge in [-0.25, -0.2) is 14.4 Å². The molecule has 0 aliphatic rings. The molecule has 1 N–H and O–H groups in total. The van der Waals surface area contributed by atoms with Gasteiger partial charge in [-0.05, 0) is 38.1 Å². The first-order valence-electron chi connectivity index (χ1n) is 8.02. The van der Waals surface area contributed by atoms with E-state index in [1.165, 1.54) is 12.1 Å². The highest BCUT2D eigenvalue weighted by atomic mass is 16.6. The topological polar surface area (TPSA) is 124 Å². The Labute approximate surface area is 160 Å². The summed E-state index contributed by atoms with van der Waals surface area (Å²) in [6.45, 7) is 3.17. The molecule has 146 valence electrons. The lowest BCUT2D eigenvalue weighted by atomic mass is 10.1. The van der Waals surface area contributed by atoms with Crippen molar-refractivity contribution in [2.24, 2.45) is 0 Å². The van der Waals surface area contributed by atoms with Crippen LogP contribution in [0.3, 0.4) is 0 Å². The third-order valence-electron chi connectivity index (χ3n) is 3.47. The molecule has 0 amide bonds. The number of esters is 2. The van der Waals surface area contributed by atoms with E-state index in [2.05, 4.69) is 0 Å². The van der Waals surface area contributed by atoms with E-state index in [4.69, 9.17) is 24.2 Å². The van der Waals surface area contributed by atoms with Gasteiger partial charge in [0.05, 0.1) is 11.1 Å². The molecule has 0 radical (unpaired) electrons. The molecule has 8 heteroatoms. The third-order valence-corrected chi connectivity index (χ3v) is 3.47. The summed E-state index contributed by atoms with van der Waals surface area (Å²) in [6, 6.07) is 13.1. The summed E-state index contributed by atoms with van der Waals surface area (Å²) in [7, 11) is 0. The summed E-state index contributed by atoms with van der Waals surface area (Å²) in [6.07, 6.45) is -1.33. The average Bonchev–Trinajstić information content (AvgIpc) is 2.66. The zero-order valence-electron chi connectivity index (χ0n) is 15.2. The van der Waals surface area contributed by atoms with E-state index in [1.54, 1.807) is 36.4 Å². The maximum absolute atomic E-state index is 12.0. The van der Waals surface area contributed by atoms with Crippen LogP contribution in [0.5, 0.6) is 0 Å². The van der Waals surface area contributed by atoms with Gasteiger partial charge >= 0.3 is 24.1 Å². The molecule has 1 atom stereocenters. The van der Waals surface area contributed by atoms with Crippen molar-refractivity contribution in [3.63, 3.8) is 0 Å². The van der Waals surface area contributed by atoms with Crippen LogP contribution < -0.4 is 0 Å². The summed E-state index contributed by atoms with van der Waals surface area (Å²) in [5.41, 5.74) is 2.45. The second-order valence-corrected chi connectivity index (χ2v) is 5.65. The van der Waals surface area contributed by atoms with Crippen LogP contribution >= 0.6 is 0 Å². The minimum Gasteiger partial charge on any atom is -0.478 e. The second kappa shape index (κ2) is 11.1. The largest absolute Gasteiger partial charge is 0.478 e. The normalized spacial score (nSPS) is 10.5. The van der Waals surface area contributed by atoms with Gasteiger partial charge in [0, 0.05) is 0 Å². The number of hydrogen-bond acceptors (Lipinski definition) is 7. The van der Waals surface area contributed by atoms with Gasteiger partial charge in [0.1, 0.15) is 6.61 Å². The molecule has 0 spiro atoms. The van der Waals surface area contributed by atoms with Gasteiger partial charge in [-0.2, -0.15) is 9.59 Å². The van der Waals surface area contributed by atoms with E-state index in [1.807, 2.05) is 13.8 Å². The molecule has 0 saturated heterocycles. The van der Waals surface area contributed by atoms with Gasteiger partial charge in [-0.15, -0.1) is 0 Å². The van der Waals surface area contributed by atoms with Crippen LogP contribution in [-0.2, 0) is 23.9 Å². The van der Waals surface area contributed by atoms with E-state index in [0.717, 1.165) is 11.1 Å². The molecule has 0 aliphatic carbocycles. The number of aryl methyl sites for hydroxylation is 2. The number of aliphatic carboxylic acids is 1. The molecular weight excluding hydrogens is 368 g/mol. The summed E-state index contributed by atoms with van der Waals surface area (Å²) in [5, 5.41) is 9.16. The van der Waals surface area contributed by atoms with Crippen molar-refractivity contribution < 1.29 is 38.6 Å². The molecule has 0 aromatic heterocycles. The smallest absolute Gasteiger partial charge is 0.373 e. The van der Waals surface area contributed by atoms with E-state index >= 15 is 0 Å². The molecule has 0 unspecified atom stereocenters. The highest BCUT2D eigenvalue weighted by Crippen LogP contribution is 2.09. The highest BCUT2D eigenvalue weighted by molar-refractivity contribution is 5.92. The SMILES string of the molecule is Cc1ccc(C(=O)OC[C@H](OC(=O)c2ccc(C)cc2)C(=O)O)cc1.O=C=O. The summed E-state index contributed by atoms with van der Waals surface area (Å²) in [4.78, 5) is 51.4. The van der Waals surface area contributed by atoms with Gasteiger partial charge in [0.2, 0.25) is 6.10 Å². The maximum atomic E-state index is 12.0. The minimum atomic E-state index is -1.58. The van der Waals surface area contributed by atoms with Crippen LogP contribution in [0.15, 0.2) is 48.5 Å². The van der Waals surface area contributed by atoms with Gasteiger partial charge in [-0.1, -0.05) is 35.4 Å². The summed E-state index contributed by atoms with van der Waals surface area (Å²) in [5.74, 6) is -2.87. The predicted octanol–water partition coefficient (Wildman–Crippen LogP) is 2.19. The lowest BCUT2D eigenvalue weighted by molar-refractivity contribution is -0.191. The fraction of sp³-hybridized carbons (Fsp3) is 0.200. The van der Waals surface area contributed by atoms with Crippen molar-refractivity contribution >= 4 is 24.1 Å². The Morgan fingerprint density at radius 1 is 0.857 bits per heavy atom. The number of ether oxygens (including phenoxy) is 2. The first kappa shape index (κ1) is 22.3. The Bertz CT molecular complexity index is 847. The lowest BCUT2D eigenvalue weighted by Gasteiger charge is -2.14. The molecule has 28 heavy (non-hydrogen) atoms. The standard InChI is InChI=1S/C19H18O6.CO2/c1-12-3-7-14(8-4-12)18(22)24-11-16(17(20)21)25-19(23)15-9-5-13(2)6-10-15;2-1-3/h3-10,16H,11H2,1-2H3,(H,20,21);/t16-;/m0./s1. The number of carbonyl (C=O) groups is 3. The van der Waals surface area contributed by atoms with Crippen molar-refractivity contribution in [1.82, 2.24) is 0 Å². The zero-order valence-corrected chi connectivity index (χ0v) is 15.2. The summed E-state index contributed by atoms with van der Waals surface area (Å²) >= 11 is 0. The lowest BCUT2D eigenvalue weighted by Crippen LogP contribution is -2.32. The van der Waals surface area contributed by atoms with E-state index < -0.39 is 30.6 Å². The number of carbonyl (C=O) groups excluding carboxylic acids is 4. The number of benzene rings is 2. The Kier molecular flexibility index (Phi) is 8.79. The van der Waals surface area contributed by atoms with E-state index in [0.29, 0.717) is 5.56 Å². The van der Waals surface area contributed by atoms with Crippen LogP contribution in [-0.4, -0.2) is 41.9 Å². The Hall–Kier alpha value is -3.77. The quantitative estimate of drug-likeness (QED) is 0.749. The molecule has 0 heterocycles. The van der Waals surface area contributed by atoms with Crippen LogP contribution in [0.1, 0.15) is 31.8 Å².